The number of nitrogens with one attached hydrogen (secondary N) is 1. The zero-order valence-electron chi connectivity index (χ0n) is 62.4. The second kappa shape index (κ2) is 61.0. The molecule has 3 rings (SSSR count). The number of rotatable bonds is 68. The van der Waals surface area contributed by atoms with E-state index in [0.717, 1.165) is 89.9 Å². The fourth-order valence-electron chi connectivity index (χ4n) is 12.0. The van der Waals surface area contributed by atoms with Crippen molar-refractivity contribution in [3.63, 3.8) is 0 Å². The van der Waals surface area contributed by atoms with Crippen LogP contribution < -0.4 is 33.7 Å². The minimum Gasteiger partial charge on any atom is -0.490 e. The third-order valence-corrected chi connectivity index (χ3v) is 18.3. The van der Waals surface area contributed by atoms with Gasteiger partial charge in [0.25, 0.3) is 5.91 Å². The number of carbonyl (C=O) groups is 3. The second-order valence-corrected chi connectivity index (χ2v) is 27.3. The largest absolute Gasteiger partial charge is 0.490 e. The van der Waals surface area contributed by atoms with Gasteiger partial charge in [0, 0.05) is 5.56 Å². The van der Waals surface area contributed by atoms with Crippen molar-refractivity contribution in [2.45, 2.75) is 356 Å². The topological polar surface area (TPSA) is 137 Å². The van der Waals surface area contributed by atoms with Crippen molar-refractivity contribution in [2.24, 2.45) is 0 Å². The Morgan fingerprint density at radius 1 is 0.281 bits per heavy atom. The highest BCUT2D eigenvalue weighted by Crippen LogP contribution is 2.33. The first-order valence-corrected chi connectivity index (χ1v) is 40.1. The fraction of sp³-hybridized carbons (Fsp3) is 0.750. The number of unbranched alkanes of at least 4 members (excludes halogenated alkanes) is 42. The lowest BCUT2D eigenvalue weighted by atomic mass is 10.1. The van der Waals surface area contributed by atoms with E-state index in [-0.39, 0.29) is 24.3 Å². The molecule has 12 nitrogen and oxygen atoms in total. The number of amides is 1. The van der Waals surface area contributed by atoms with Gasteiger partial charge in [-0.2, -0.15) is 0 Å². The number of carbonyl (C=O) groups excluding carboxylic acids is 3. The number of ether oxygens (including phenoxy) is 8. The van der Waals surface area contributed by atoms with E-state index in [1.54, 1.807) is 48.5 Å². The van der Waals surface area contributed by atoms with Gasteiger partial charge in [-0.3, -0.25) is 4.79 Å². The van der Waals surface area contributed by atoms with Gasteiger partial charge in [0.1, 0.15) is 6.61 Å². The molecule has 0 bridgehead atoms. The van der Waals surface area contributed by atoms with Crippen LogP contribution in [0.25, 0.3) is 0 Å². The number of benzene rings is 3. The smallest absolute Gasteiger partial charge is 0.338 e. The van der Waals surface area contributed by atoms with Crippen molar-refractivity contribution >= 4 is 17.8 Å². The molecule has 0 fully saturated rings. The number of esters is 2. The second-order valence-electron chi connectivity index (χ2n) is 27.3. The third-order valence-electron chi connectivity index (χ3n) is 18.3. The molecule has 0 saturated carbocycles. The summed E-state index contributed by atoms with van der Waals surface area (Å²) in [6, 6.07) is 15.7. The minimum atomic E-state index is -1.08. The first kappa shape index (κ1) is 85.1. The molecule has 3 aromatic rings. The Kier molecular flexibility index (Phi) is 54.1. The molecule has 548 valence electrons. The summed E-state index contributed by atoms with van der Waals surface area (Å²) in [5.74, 6) is 1.64. The Morgan fingerprint density at radius 2 is 0.510 bits per heavy atom. The molecular weight excluding hydrogens is 1200 g/mol. The summed E-state index contributed by atoms with van der Waals surface area (Å²) >= 11 is 0. The number of hydrogen-bond acceptors (Lipinski definition) is 11. The molecule has 3 aromatic carbocycles. The lowest BCUT2D eigenvalue weighted by Crippen LogP contribution is -2.38. The molecule has 0 spiro atoms. The van der Waals surface area contributed by atoms with Crippen molar-refractivity contribution in [1.29, 1.82) is 0 Å². The molecule has 0 aromatic heterocycles. The highest BCUT2D eigenvalue weighted by atomic mass is 16.6. The maximum absolute atomic E-state index is 14.5. The lowest BCUT2D eigenvalue weighted by Gasteiger charge is -2.20. The van der Waals surface area contributed by atoms with Gasteiger partial charge in [-0.25, -0.2) is 9.59 Å². The average molecular weight is 1340 g/mol. The van der Waals surface area contributed by atoms with Crippen LogP contribution in [0.5, 0.6) is 34.5 Å². The molecular formula is C84H141NO11. The predicted octanol–water partition coefficient (Wildman–Crippen LogP) is 24.6. The van der Waals surface area contributed by atoms with Gasteiger partial charge >= 0.3 is 11.9 Å². The average Bonchev–Trinajstić information content (AvgIpc) is 1.13. The van der Waals surface area contributed by atoms with E-state index in [9.17, 15) is 14.4 Å². The highest BCUT2D eigenvalue weighted by molar-refractivity contribution is 5.95. The van der Waals surface area contributed by atoms with Gasteiger partial charge in [0.05, 0.1) is 57.3 Å². The van der Waals surface area contributed by atoms with E-state index in [1.807, 2.05) is 6.07 Å². The van der Waals surface area contributed by atoms with Crippen LogP contribution in [0.1, 0.15) is 381 Å². The molecule has 1 atom stereocenters. The van der Waals surface area contributed by atoms with E-state index in [0.29, 0.717) is 79.7 Å². The summed E-state index contributed by atoms with van der Waals surface area (Å²) in [5.41, 5.74) is 0.900. The van der Waals surface area contributed by atoms with Gasteiger partial charge in [-0.05, 0) is 93.1 Å². The SMILES string of the molecule is CCCCCCCCCCOc1ccc(C(=O)NCC(COC(=O)c2ccc(OCCCCCCCCCC)c(OCCCCCCCCCC)c2)OC(=O)c2ccc(OCCCCCCCCCC)c(OCCCCCCCCCC)c2)cc1OCCCCCCCCCC. The van der Waals surface area contributed by atoms with Crippen LogP contribution in [0.2, 0.25) is 0 Å². The molecule has 0 radical (unpaired) electrons. The van der Waals surface area contributed by atoms with E-state index in [2.05, 4.69) is 46.9 Å². The van der Waals surface area contributed by atoms with Crippen molar-refractivity contribution in [1.82, 2.24) is 5.32 Å². The Balaban J connectivity index is 1.90. The fourth-order valence-corrected chi connectivity index (χ4v) is 12.0. The standard InChI is InChI=1S/C84H141NO11/c1-7-13-19-25-31-37-43-49-61-89-76-58-55-72(67-79(76)92-64-52-46-40-34-28-22-16-10-4)82(86)85-70-75(96-84(88)74-57-60-78(91-63-51-45-39-33-27-21-15-9-3)81(69-74)94-66-54-48-42-36-30-24-18-12-6)71-95-83(87)73-56-59-77(90-62-50-44-38-32-26-20-14-8-2)80(68-73)93-65-53-47-41-35-29-23-17-11-5/h55-60,67-69,75H,7-54,61-66,70-71H2,1-6H3,(H,85,86). The molecule has 0 saturated heterocycles. The van der Waals surface area contributed by atoms with Crippen LogP contribution in [-0.2, 0) is 9.47 Å². The van der Waals surface area contributed by atoms with Crippen LogP contribution in [-0.4, -0.2) is 76.7 Å². The Morgan fingerprint density at radius 3 is 0.792 bits per heavy atom. The summed E-state index contributed by atoms with van der Waals surface area (Å²) < 4.78 is 50.6. The summed E-state index contributed by atoms with van der Waals surface area (Å²) in [5, 5.41) is 3.01. The van der Waals surface area contributed by atoms with Crippen LogP contribution >= 0.6 is 0 Å². The van der Waals surface area contributed by atoms with Crippen molar-refractivity contribution in [3.05, 3.63) is 71.3 Å². The summed E-state index contributed by atoms with van der Waals surface area (Å²) in [7, 11) is 0. The zero-order valence-corrected chi connectivity index (χ0v) is 62.4. The zero-order chi connectivity index (χ0) is 68.8. The lowest BCUT2D eigenvalue weighted by molar-refractivity contribution is -0.0000701. The quantitative estimate of drug-likeness (QED) is 0.0427. The van der Waals surface area contributed by atoms with Crippen molar-refractivity contribution in [3.8, 4) is 34.5 Å². The molecule has 1 amide bonds. The van der Waals surface area contributed by atoms with Gasteiger partial charge < -0.3 is 43.2 Å². The van der Waals surface area contributed by atoms with Gasteiger partial charge in [0.2, 0.25) is 0 Å². The molecule has 12 heteroatoms. The third kappa shape index (κ3) is 43.3. The molecule has 0 aliphatic carbocycles. The highest BCUT2D eigenvalue weighted by Gasteiger charge is 2.24. The monoisotopic (exact) mass is 1340 g/mol. The minimum absolute atomic E-state index is 0.150. The maximum Gasteiger partial charge on any atom is 0.338 e. The van der Waals surface area contributed by atoms with Gasteiger partial charge in [-0.15, -0.1) is 0 Å². The van der Waals surface area contributed by atoms with E-state index < -0.39 is 23.9 Å². The molecule has 0 aliphatic heterocycles. The Hall–Kier alpha value is -5.13. The molecule has 1 N–H and O–H groups in total. The van der Waals surface area contributed by atoms with Crippen molar-refractivity contribution in [2.75, 3.05) is 52.8 Å². The maximum atomic E-state index is 14.5. The predicted molar refractivity (Wildman–Crippen MR) is 400 cm³/mol. The first-order chi connectivity index (χ1) is 47.3. The van der Waals surface area contributed by atoms with Gasteiger partial charge in [-0.1, -0.05) is 311 Å². The molecule has 0 heterocycles. The Bertz CT molecular complexity index is 2230. The van der Waals surface area contributed by atoms with Crippen LogP contribution in [0.15, 0.2) is 54.6 Å². The van der Waals surface area contributed by atoms with E-state index in [1.165, 1.54) is 218 Å². The molecule has 1 unspecified atom stereocenters. The van der Waals surface area contributed by atoms with Gasteiger partial charge in [0.15, 0.2) is 40.6 Å². The molecule has 0 aliphatic rings. The summed E-state index contributed by atoms with van der Waals surface area (Å²) in [4.78, 5) is 43.0. The van der Waals surface area contributed by atoms with Crippen LogP contribution in [0, 0.1) is 0 Å². The van der Waals surface area contributed by atoms with Crippen LogP contribution in [0.4, 0.5) is 0 Å². The van der Waals surface area contributed by atoms with Crippen molar-refractivity contribution < 1.29 is 52.3 Å². The van der Waals surface area contributed by atoms with E-state index in [4.69, 9.17) is 37.9 Å². The normalized spacial score (nSPS) is 11.6. The first-order valence-electron chi connectivity index (χ1n) is 40.1. The van der Waals surface area contributed by atoms with E-state index >= 15 is 0 Å². The molecule has 96 heavy (non-hydrogen) atoms. The summed E-state index contributed by atoms with van der Waals surface area (Å²) in [6.07, 6.45) is 55.9. The van der Waals surface area contributed by atoms with Crippen LogP contribution in [0.3, 0.4) is 0 Å². The Labute approximate surface area is 587 Å². The summed E-state index contributed by atoms with van der Waals surface area (Å²) in [6.45, 7) is 16.2. The number of hydrogen-bond donors (Lipinski definition) is 1.